The molecule has 1 aromatic carbocycles. The minimum absolute atomic E-state index is 0.0522. The third-order valence-electron chi connectivity index (χ3n) is 4.03. The molecule has 1 aliphatic heterocycles. The van der Waals surface area contributed by atoms with Crippen molar-refractivity contribution < 1.29 is 31.9 Å². The highest BCUT2D eigenvalue weighted by Crippen LogP contribution is 2.33. The van der Waals surface area contributed by atoms with Gasteiger partial charge in [0.1, 0.15) is 17.5 Å². The van der Waals surface area contributed by atoms with E-state index in [1.54, 1.807) is 20.8 Å². The summed E-state index contributed by atoms with van der Waals surface area (Å²) in [6, 6.07) is 1.65. The molecule has 2 unspecified atom stereocenters. The standard InChI is InChI=1S/C18H22F4N2O3/c1-17(2,3)27-16(26)23-13-8-9-14(18(20,21)22)24(10-13)15(25)11-4-6-12(19)7-5-11/h4-7,13-14H,8-10H2,1-3H3,(H,23,26). The van der Waals surface area contributed by atoms with Crippen LogP contribution < -0.4 is 5.32 Å². The molecular formula is C18H22F4N2O3. The summed E-state index contributed by atoms with van der Waals surface area (Å²) in [6.07, 6.45) is -5.66. The second-order valence-electron chi connectivity index (χ2n) is 7.44. The number of piperidine rings is 1. The van der Waals surface area contributed by atoms with Gasteiger partial charge in [-0.3, -0.25) is 4.79 Å². The fourth-order valence-electron chi connectivity index (χ4n) is 2.89. The first-order valence-corrected chi connectivity index (χ1v) is 8.49. The lowest BCUT2D eigenvalue weighted by molar-refractivity contribution is -0.184. The first-order valence-electron chi connectivity index (χ1n) is 8.49. The van der Waals surface area contributed by atoms with Crippen LogP contribution in [0.1, 0.15) is 44.0 Å². The van der Waals surface area contributed by atoms with Gasteiger partial charge in [-0.15, -0.1) is 0 Å². The Balaban J connectivity index is 2.17. The van der Waals surface area contributed by atoms with Gasteiger partial charge in [-0.2, -0.15) is 13.2 Å². The minimum Gasteiger partial charge on any atom is -0.444 e. The highest BCUT2D eigenvalue weighted by molar-refractivity contribution is 5.94. The highest BCUT2D eigenvalue weighted by Gasteiger charge is 2.48. The summed E-state index contributed by atoms with van der Waals surface area (Å²) in [5.41, 5.74) is -0.805. The molecule has 2 rings (SSSR count). The summed E-state index contributed by atoms with van der Waals surface area (Å²) < 4.78 is 58.3. The highest BCUT2D eigenvalue weighted by atomic mass is 19.4. The van der Waals surface area contributed by atoms with Crippen LogP contribution in [0.15, 0.2) is 24.3 Å². The number of nitrogens with one attached hydrogen (secondary N) is 1. The van der Waals surface area contributed by atoms with Crippen molar-refractivity contribution in [2.75, 3.05) is 6.54 Å². The van der Waals surface area contributed by atoms with Crippen LogP contribution in [0.3, 0.4) is 0 Å². The number of amides is 2. The molecule has 1 heterocycles. The van der Waals surface area contributed by atoms with Crippen molar-refractivity contribution in [2.24, 2.45) is 0 Å². The second kappa shape index (κ2) is 7.74. The Bertz CT molecular complexity index is 683. The summed E-state index contributed by atoms with van der Waals surface area (Å²) in [6.45, 7) is 4.67. The van der Waals surface area contributed by atoms with E-state index in [2.05, 4.69) is 5.32 Å². The van der Waals surface area contributed by atoms with Crippen molar-refractivity contribution in [1.82, 2.24) is 10.2 Å². The molecule has 2 amide bonds. The third-order valence-corrected chi connectivity index (χ3v) is 4.03. The van der Waals surface area contributed by atoms with Gasteiger partial charge in [0.05, 0.1) is 0 Å². The van der Waals surface area contributed by atoms with E-state index in [-0.39, 0.29) is 24.9 Å². The van der Waals surface area contributed by atoms with Crippen LogP contribution in [0.2, 0.25) is 0 Å². The molecule has 5 nitrogen and oxygen atoms in total. The lowest BCUT2D eigenvalue weighted by Gasteiger charge is -2.40. The Morgan fingerprint density at radius 3 is 2.22 bits per heavy atom. The molecule has 1 N–H and O–H groups in total. The molecule has 27 heavy (non-hydrogen) atoms. The van der Waals surface area contributed by atoms with Gasteiger partial charge in [-0.1, -0.05) is 0 Å². The summed E-state index contributed by atoms with van der Waals surface area (Å²) in [5.74, 6) is -1.46. The van der Waals surface area contributed by atoms with Gasteiger partial charge in [0.2, 0.25) is 0 Å². The summed E-state index contributed by atoms with van der Waals surface area (Å²) in [4.78, 5) is 25.2. The molecule has 0 aliphatic carbocycles. The molecule has 1 fully saturated rings. The van der Waals surface area contributed by atoms with E-state index in [9.17, 15) is 27.2 Å². The maximum absolute atomic E-state index is 13.4. The second-order valence-corrected chi connectivity index (χ2v) is 7.44. The molecule has 0 bridgehead atoms. The van der Waals surface area contributed by atoms with Gasteiger partial charge in [0, 0.05) is 18.2 Å². The van der Waals surface area contributed by atoms with Gasteiger partial charge >= 0.3 is 12.3 Å². The molecule has 0 saturated carbocycles. The van der Waals surface area contributed by atoms with Crippen molar-refractivity contribution in [3.63, 3.8) is 0 Å². The average molecular weight is 390 g/mol. The Labute approximate surface area is 154 Å². The molecule has 0 radical (unpaired) electrons. The zero-order valence-electron chi connectivity index (χ0n) is 15.3. The number of ether oxygens (including phenoxy) is 1. The first-order chi connectivity index (χ1) is 12.4. The zero-order chi connectivity index (χ0) is 20.4. The summed E-state index contributed by atoms with van der Waals surface area (Å²) in [7, 11) is 0. The van der Waals surface area contributed by atoms with Gasteiger partial charge in [-0.25, -0.2) is 9.18 Å². The Kier molecular flexibility index (Phi) is 6.01. The Hall–Kier alpha value is -2.32. The van der Waals surface area contributed by atoms with Gasteiger partial charge in [0.15, 0.2) is 0 Å². The number of carbonyl (C=O) groups is 2. The SMILES string of the molecule is CC(C)(C)OC(=O)NC1CCC(C(F)(F)F)N(C(=O)c2ccc(F)cc2)C1. The van der Waals surface area contributed by atoms with E-state index in [1.807, 2.05) is 0 Å². The largest absolute Gasteiger partial charge is 0.444 e. The molecule has 9 heteroatoms. The number of alkyl halides is 3. The average Bonchev–Trinajstić information content (AvgIpc) is 2.52. The number of rotatable bonds is 2. The van der Waals surface area contributed by atoms with Crippen LogP contribution >= 0.6 is 0 Å². The van der Waals surface area contributed by atoms with E-state index in [0.29, 0.717) is 4.90 Å². The maximum Gasteiger partial charge on any atom is 0.408 e. The van der Waals surface area contributed by atoms with Crippen molar-refractivity contribution in [2.45, 2.75) is 57.5 Å². The number of nitrogens with zero attached hydrogens (tertiary/aromatic N) is 1. The van der Waals surface area contributed by atoms with Crippen LogP contribution in [-0.2, 0) is 4.74 Å². The number of alkyl carbamates (subject to hydrolysis) is 1. The van der Waals surface area contributed by atoms with Gasteiger partial charge in [0.25, 0.3) is 5.91 Å². The van der Waals surface area contributed by atoms with Crippen LogP contribution in [-0.4, -0.2) is 47.3 Å². The van der Waals surface area contributed by atoms with E-state index in [1.165, 1.54) is 0 Å². The maximum atomic E-state index is 13.4. The number of benzene rings is 1. The van der Waals surface area contributed by atoms with E-state index < -0.39 is 41.7 Å². The van der Waals surface area contributed by atoms with E-state index in [4.69, 9.17) is 4.74 Å². The van der Waals surface area contributed by atoms with E-state index in [0.717, 1.165) is 24.3 Å². The predicted octanol–water partition coefficient (Wildman–Crippen LogP) is 3.89. The number of hydrogen-bond donors (Lipinski definition) is 1. The molecule has 0 aromatic heterocycles. The Morgan fingerprint density at radius 1 is 1.11 bits per heavy atom. The monoisotopic (exact) mass is 390 g/mol. The molecule has 1 aliphatic rings. The number of hydrogen-bond acceptors (Lipinski definition) is 3. The Morgan fingerprint density at radius 2 is 1.70 bits per heavy atom. The number of halogens is 4. The summed E-state index contributed by atoms with van der Waals surface area (Å²) >= 11 is 0. The minimum atomic E-state index is -4.60. The molecule has 2 atom stereocenters. The van der Waals surface area contributed by atoms with E-state index >= 15 is 0 Å². The number of likely N-dealkylation sites (tertiary alicyclic amines) is 1. The zero-order valence-corrected chi connectivity index (χ0v) is 15.3. The van der Waals surface area contributed by atoms with Crippen molar-refractivity contribution in [3.05, 3.63) is 35.6 Å². The van der Waals surface area contributed by atoms with Gasteiger partial charge < -0.3 is 15.0 Å². The topological polar surface area (TPSA) is 58.6 Å². The fraction of sp³-hybridized carbons (Fsp3) is 0.556. The van der Waals surface area contributed by atoms with Crippen molar-refractivity contribution in [1.29, 1.82) is 0 Å². The van der Waals surface area contributed by atoms with Crippen LogP contribution in [0, 0.1) is 5.82 Å². The molecular weight excluding hydrogens is 368 g/mol. The number of carbonyl (C=O) groups excluding carboxylic acids is 2. The van der Waals surface area contributed by atoms with Crippen LogP contribution in [0.4, 0.5) is 22.4 Å². The normalized spacial score (nSPS) is 20.9. The summed E-state index contributed by atoms with van der Waals surface area (Å²) in [5, 5.41) is 2.51. The van der Waals surface area contributed by atoms with Crippen molar-refractivity contribution in [3.8, 4) is 0 Å². The lowest BCUT2D eigenvalue weighted by Crippen LogP contribution is -2.58. The van der Waals surface area contributed by atoms with Gasteiger partial charge in [-0.05, 0) is 57.9 Å². The quantitative estimate of drug-likeness (QED) is 0.780. The third kappa shape index (κ3) is 5.83. The smallest absolute Gasteiger partial charge is 0.408 e. The van der Waals surface area contributed by atoms with Crippen molar-refractivity contribution >= 4 is 12.0 Å². The molecule has 150 valence electrons. The predicted molar refractivity (Wildman–Crippen MR) is 89.7 cm³/mol. The molecule has 0 spiro atoms. The van der Waals surface area contributed by atoms with Crippen LogP contribution in [0.5, 0.6) is 0 Å². The molecule has 1 aromatic rings. The molecule has 1 saturated heterocycles. The first kappa shape index (κ1) is 21.0. The van der Waals surface area contributed by atoms with Crippen LogP contribution in [0.25, 0.3) is 0 Å². The lowest BCUT2D eigenvalue weighted by atomic mass is 9.96. The fourth-order valence-corrected chi connectivity index (χ4v) is 2.89.